The molecule has 0 saturated heterocycles. The Bertz CT molecular complexity index is 181. The zero-order valence-corrected chi connectivity index (χ0v) is 12.5. The molecule has 0 atom stereocenters. The second-order valence-electron chi connectivity index (χ2n) is 6.16. The molecule has 0 aliphatic heterocycles. The van der Waals surface area contributed by atoms with Gasteiger partial charge in [-0.05, 0) is 37.3 Å². The van der Waals surface area contributed by atoms with Gasteiger partial charge in [0.1, 0.15) is 0 Å². The first-order valence-electron chi connectivity index (χ1n) is 6.82. The Hall–Kier alpha value is -0.120. The number of methoxy groups -OCH3 is 1. The van der Waals surface area contributed by atoms with Crippen LogP contribution < -0.4 is 5.73 Å². The predicted octanol–water partition coefficient (Wildman–Crippen LogP) is 2.36. The minimum Gasteiger partial charge on any atom is -0.383 e. The Labute approximate surface area is 108 Å². The Morgan fingerprint density at radius 2 is 1.88 bits per heavy atom. The van der Waals surface area contributed by atoms with Crippen molar-refractivity contribution < 1.29 is 4.74 Å². The van der Waals surface area contributed by atoms with Gasteiger partial charge in [-0.2, -0.15) is 0 Å². The molecule has 0 radical (unpaired) electrons. The summed E-state index contributed by atoms with van der Waals surface area (Å²) in [5, 5.41) is 0. The highest BCUT2D eigenvalue weighted by Crippen LogP contribution is 2.20. The number of hydrogen-bond acceptors (Lipinski definition) is 3. The van der Waals surface area contributed by atoms with Crippen LogP contribution in [0.25, 0.3) is 0 Å². The van der Waals surface area contributed by atoms with E-state index >= 15 is 0 Å². The number of nitrogens with zero attached hydrogens (tertiary/aromatic N) is 1. The molecule has 0 bridgehead atoms. The number of nitrogens with two attached hydrogens (primary N) is 1. The number of rotatable bonds is 10. The fourth-order valence-electron chi connectivity index (χ4n) is 1.91. The van der Waals surface area contributed by atoms with Gasteiger partial charge in [-0.25, -0.2) is 0 Å². The quantitative estimate of drug-likeness (QED) is 0.641. The van der Waals surface area contributed by atoms with Crippen LogP contribution in [0.2, 0.25) is 0 Å². The van der Waals surface area contributed by atoms with Crippen LogP contribution >= 0.6 is 0 Å². The zero-order valence-electron chi connectivity index (χ0n) is 12.5. The third kappa shape index (κ3) is 9.57. The lowest BCUT2D eigenvalue weighted by Gasteiger charge is -2.27. The van der Waals surface area contributed by atoms with Gasteiger partial charge in [0.25, 0.3) is 0 Å². The molecule has 0 unspecified atom stereocenters. The van der Waals surface area contributed by atoms with Crippen molar-refractivity contribution in [2.45, 2.75) is 40.5 Å². The Morgan fingerprint density at radius 3 is 2.35 bits per heavy atom. The maximum atomic E-state index is 5.75. The van der Waals surface area contributed by atoms with Gasteiger partial charge in [0.2, 0.25) is 0 Å². The van der Waals surface area contributed by atoms with E-state index in [9.17, 15) is 0 Å². The van der Waals surface area contributed by atoms with Crippen molar-refractivity contribution >= 4 is 0 Å². The standard InChI is InChI=1S/C14H32N2O/c1-13(2)11-16(9-10-17-5)8-6-7-14(3,4)12-15/h13H,6-12,15H2,1-5H3. The highest BCUT2D eigenvalue weighted by molar-refractivity contribution is 4.70. The van der Waals surface area contributed by atoms with Crippen LogP contribution in [-0.2, 0) is 4.74 Å². The first-order valence-corrected chi connectivity index (χ1v) is 6.82. The molecule has 0 rings (SSSR count). The van der Waals surface area contributed by atoms with Gasteiger partial charge in [-0.15, -0.1) is 0 Å². The van der Waals surface area contributed by atoms with Gasteiger partial charge >= 0.3 is 0 Å². The Balaban J connectivity index is 3.90. The maximum absolute atomic E-state index is 5.75. The Kier molecular flexibility index (Phi) is 8.83. The molecule has 0 amide bonds. The van der Waals surface area contributed by atoms with E-state index in [4.69, 9.17) is 10.5 Å². The van der Waals surface area contributed by atoms with Gasteiger partial charge in [-0.3, -0.25) is 0 Å². The van der Waals surface area contributed by atoms with E-state index in [1.807, 2.05) is 0 Å². The fraction of sp³-hybridized carbons (Fsp3) is 1.00. The van der Waals surface area contributed by atoms with Crippen molar-refractivity contribution in [2.75, 3.05) is 39.9 Å². The van der Waals surface area contributed by atoms with Gasteiger partial charge in [0.15, 0.2) is 0 Å². The van der Waals surface area contributed by atoms with Crippen LogP contribution in [-0.4, -0.2) is 44.8 Å². The van der Waals surface area contributed by atoms with E-state index in [0.29, 0.717) is 0 Å². The summed E-state index contributed by atoms with van der Waals surface area (Å²) in [6.45, 7) is 14.0. The molecule has 0 spiro atoms. The van der Waals surface area contributed by atoms with Crippen LogP contribution in [0.5, 0.6) is 0 Å². The van der Waals surface area contributed by atoms with E-state index in [2.05, 4.69) is 32.6 Å². The molecular weight excluding hydrogens is 212 g/mol. The summed E-state index contributed by atoms with van der Waals surface area (Å²) in [6, 6.07) is 0. The second-order valence-corrected chi connectivity index (χ2v) is 6.16. The monoisotopic (exact) mass is 244 g/mol. The molecule has 3 heteroatoms. The molecular formula is C14H32N2O. The molecule has 0 aromatic rings. The lowest BCUT2D eigenvalue weighted by molar-refractivity contribution is 0.136. The van der Waals surface area contributed by atoms with Crippen LogP contribution in [0.3, 0.4) is 0 Å². The van der Waals surface area contributed by atoms with Crippen molar-refractivity contribution in [3.63, 3.8) is 0 Å². The smallest absolute Gasteiger partial charge is 0.0589 e. The minimum atomic E-state index is 0.282. The summed E-state index contributed by atoms with van der Waals surface area (Å²) in [5.41, 5.74) is 6.03. The minimum absolute atomic E-state index is 0.282. The normalized spacial score (nSPS) is 12.7. The Morgan fingerprint density at radius 1 is 1.24 bits per heavy atom. The van der Waals surface area contributed by atoms with E-state index < -0.39 is 0 Å². The van der Waals surface area contributed by atoms with E-state index in [1.165, 1.54) is 12.8 Å². The molecule has 0 fully saturated rings. The molecule has 104 valence electrons. The van der Waals surface area contributed by atoms with Crippen molar-refractivity contribution in [1.29, 1.82) is 0 Å². The van der Waals surface area contributed by atoms with Crippen molar-refractivity contribution in [1.82, 2.24) is 4.90 Å². The molecule has 3 nitrogen and oxygen atoms in total. The predicted molar refractivity (Wildman–Crippen MR) is 75.2 cm³/mol. The molecule has 0 aliphatic rings. The molecule has 17 heavy (non-hydrogen) atoms. The third-order valence-corrected chi connectivity index (χ3v) is 3.12. The molecule has 0 aromatic heterocycles. The second kappa shape index (κ2) is 8.90. The largest absolute Gasteiger partial charge is 0.383 e. The van der Waals surface area contributed by atoms with Crippen LogP contribution in [0, 0.1) is 11.3 Å². The summed E-state index contributed by atoms with van der Waals surface area (Å²) in [4.78, 5) is 2.50. The average molecular weight is 244 g/mol. The summed E-state index contributed by atoms with van der Waals surface area (Å²) in [7, 11) is 1.77. The van der Waals surface area contributed by atoms with Crippen molar-refractivity contribution in [3.05, 3.63) is 0 Å². The topological polar surface area (TPSA) is 38.5 Å². The number of hydrogen-bond donors (Lipinski definition) is 1. The summed E-state index contributed by atoms with van der Waals surface area (Å²) in [6.07, 6.45) is 2.42. The lowest BCUT2D eigenvalue weighted by Crippen LogP contribution is -2.33. The molecule has 0 heterocycles. The average Bonchev–Trinajstić information content (AvgIpc) is 2.24. The third-order valence-electron chi connectivity index (χ3n) is 3.12. The van der Waals surface area contributed by atoms with Crippen LogP contribution in [0.1, 0.15) is 40.5 Å². The molecule has 0 aliphatic carbocycles. The highest BCUT2D eigenvalue weighted by Gasteiger charge is 2.16. The van der Waals surface area contributed by atoms with Gasteiger partial charge in [0.05, 0.1) is 6.61 Å². The fourth-order valence-corrected chi connectivity index (χ4v) is 1.91. The van der Waals surface area contributed by atoms with Gasteiger partial charge in [0, 0.05) is 20.2 Å². The first-order chi connectivity index (χ1) is 7.91. The van der Waals surface area contributed by atoms with E-state index in [1.54, 1.807) is 7.11 Å². The van der Waals surface area contributed by atoms with Crippen molar-refractivity contribution in [3.8, 4) is 0 Å². The van der Waals surface area contributed by atoms with Crippen molar-refractivity contribution in [2.24, 2.45) is 17.1 Å². The zero-order chi connectivity index (χ0) is 13.3. The van der Waals surface area contributed by atoms with E-state index in [0.717, 1.165) is 38.7 Å². The lowest BCUT2D eigenvalue weighted by atomic mass is 9.88. The molecule has 0 aromatic carbocycles. The SMILES string of the molecule is COCCN(CCCC(C)(C)CN)CC(C)C. The maximum Gasteiger partial charge on any atom is 0.0589 e. The van der Waals surface area contributed by atoms with Gasteiger partial charge < -0.3 is 15.4 Å². The summed E-state index contributed by atoms with van der Waals surface area (Å²) >= 11 is 0. The van der Waals surface area contributed by atoms with E-state index in [-0.39, 0.29) is 5.41 Å². The summed E-state index contributed by atoms with van der Waals surface area (Å²) < 4.78 is 5.16. The first kappa shape index (κ1) is 16.9. The molecule has 2 N–H and O–H groups in total. The highest BCUT2D eigenvalue weighted by atomic mass is 16.5. The summed E-state index contributed by atoms with van der Waals surface area (Å²) in [5.74, 6) is 0.717. The molecule has 0 saturated carbocycles. The van der Waals surface area contributed by atoms with Gasteiger partial charge in [-0.1, -0.05) is 27.7 Å². The van der Waals surface area contributed by atoms with Crippen LogP contribution in [0.15, 0.2) is 0 Å². The van der Waals surface area contributed by atoms with Crippen LogP contribution in [0.4, 0.5) is 0 Å². The number of ether oxygens (including phenoxy) is 1.